The van der Waals surface area contributed by atoms with Gasteiger partial charge in [-0.25, -0.2) is 0 Å². The number of carboxylic acid groups (broad SMARTS) is 1. The number of benzene rings is 1. The van der Waals surface area contributed by atoms with Gasteiger partial charge in [-0.2, -0.15) is 5.26 Å². The topological polar surface area (TPSA) is 70.3 Å². The summed E-state index contributed by atoms with van der Waals surface area (Å²) in [5.74, 6) is -0.317. The van der Waals surface area contributed by atoms with Crippen molar-refractivity contribution >= 4 is 5.97 Å². The number of rotatable bonds is 1. The first-order chi connectivity index (χ1) is 7.58. The summed E-state index contributed by atoms with van der Waals surface area (Å²) in [4.78, 5) is 11.3. The molecule has 4 heteroatoms. The van der Waals surface area contributed by atoms with Crippen molar-refractivity contribution in [1.82, 2.24) is 0 Å². The summed E-state index contributed by atoms with van der Waals surface area (Å²) in [5, 5.41) is 18.1. The van der Waals surface area contributed by atoms with Crippen LogP contribution in [0.4, 0.5) is 0 Å². The summed E-state index contributed by atoms with van der Waals surface area (Å²) in [6, 6.07) is 6.90. The molecule has 1 aliphatic rings. The molecule has 1 aliphatic heterocycles. The van der Waals surface area contributed by atoms with Crippen molar-refractivity contribution in [3.05, 3.63) is 29.3 Å². The smallest absolute Gasteiger partial charge is 0.314 e. The van der Waals surface area contributed by atoms with Crippen molar-refractivity contribution in [1.29, 1.82) is 5.26 Å². The van der Waals surface area contributed by atoms with E-state index in [-0.39, 0.29) is 0 Å². The zero-order valence-electron chi connectivity index (χ0n) is 8.86. The van der Waals surface area contributed by atoms with E-state index in [9.17, 15) is 9.90 Å². The first kappa shape index (κ1) is 10.5. The molecule has 2 rings (SSSR count). The lowest BCUT2D eigenvalue weighted by molar-refractivity contribution is -0.144. The van der Waals surface area contributed by atoms with Crippen LogP contribution in [0.15, 0.2) is 18.2 Å². The first-order valence-corrected chi connectivity index (χ1v) is 4.99. The molecular formula is C12H11NO3. The molecule has 1 aromatic carbocycles. The third-order valence-electron chi connectivity index (χ3n) is 3.03. The monoisotopic (exact) mass is 217 g/mol. The maximum Gasteiger partial charge on any atom is 0.314 e. The Morgan fingerprint density at radius 2 is 2.38 bits per heavy atom. The molecule has 4 nitrogen and oxygen atoms in total. The quantitative estimate of drug-likeness (QED) is 0.776. The van der Waals surface area contributed by atoms with Gasteiger partial charge in [0.25, 0.3) is 0 Å². The molecule has 0 saturated carbocycles. The fourth-order valence-corrected chi connectivity index (χ4v) is 1.88. The van der Waals surface area contributed by atoms with Crippen molar-refractivity contribution < 1.29 is 14.6 Å². The van der Waals surface area contributed by atoms with Gasteiger partial charge in [-0.3, -0.25) is 4.79 Å². The molecule has 82 valence electrons. The Morgan fingerprint density at radius 3 is 3.00 bits per heavy atom. The highest BCUT2D eigenvalue weighted by atomic mass is 16.5. The average Bonchev–Trinajstić information content (AvgIpc) is 2.29. The molecule has 0 spiro atoms. The molecule has 1 N–H and O–H groups in total. The van der Waals surface area contributed by atoms with Crippen LogP contribution < -0.4 is 4.74 Å². The Hall–Kier alpha value is -2.02. The Balaban J connectivity index is 2.61. The van der Waals surface area contributed by atoms with E-state index in [0.717, 1.165) is 0 Å². The van der Waals surface area contributed by atoms with Crippen LogP contribution in [-0.4, -0.2) is 17.7 Å². The van der Waals surface area contributed by atoms with Gasteiger partial charge in [0.15, 0.2) is 0 Å². The molecule has 0 aliphatic carbocycles. The Morgan fingerprint density at radius 1 is 1.62 bits per heavy atom. The average molecular weight is 217 g/mol. The van der Waals surface area contributed by atoms with Crippen LogP contribution in [-0.2, 0) is 10.2 Å². The summed E-state index contributed by atoms with van der Waals surface area (Å²) in [6.07, 6.45) is 0.421. The molecular weight excluding hydrogens is 206 g/mol. The largest absolute Gasteiger partial charge is 0.493 e. The normalized spacial score (nSPS) is 22.8. The summed E-state index contributed by atoms with van der Waals surface area (Å²) in [6.45, 7) is 2.06. The molecule has 0 amide bonds. The summed E-state index contributed by atoms with van der Waals surface area (Å²) in [7, 11) is 0. The number of nitrogens with zero attached hydrogens (tertiary/aromatic N) is 1. The van der Waals surface area contributed by atoms with E-state index in [1.165, 1.54) is 0 Å². The van der Waals surface area contributed by atoms with Crippen LogP contribution >= 0.6 is 0 Å². The highest BCUT2D eigenvalue weighted by Crippen LogP contribution is 2.39. The summed E-state index contributed by atoms with van der Waals surface area (Å²) in [5.41, 5.74) is 0.0856. The Labute approximate surface area is 93.1 Å². The third kappa shape index (κ3) is 1.41. The van der Waals surface area contributed by atoms with Crippen molar-refractivity contribution in [2.24, 2.45) is 0 Å². The second-order valence-electron chi connectivity index (χ2n) is 4.06. The fourth-order valence-electron chi connectivity index (χ4n) is 1.88. The molecule has 0 bridgehead atoms. The lowest BCUT2D eigenvalue weighted by atomic mass is 9.77. The predicted molar refractivity (Wildman–Crippen MR) is 56.3 cm³/mol. The van der Waals surface area contributed by atoms with Crippen molar-refractivity contribution in [3.63, 3.8) is 0 Å². The Kier molecular flexibility index (Phi) is 2.31. The van der Waals surface area contributed by atoms with Crippen LogP contribution in [0.2, 0.25) is 0 Å². The molecule has 0 radical (unpaired) electrons. The van der Waals surface area contributed by atoms with Gasteiger partial charge >= 0.3 is 5.97 Å². The lowest BCUT2D eigenvalue weighted by Gasteiger charge is -2.32. The van der Waals surface area contributed by atoms with Crippen molar-refractivity contribution in [2.75, 3.05) is 6.61 Å². The number of carbonyl (C=O) groups is 1. The minimum atomic E-state index is -0.958. The van der Waals surface area contributed by atoms with E-state index in [0.29, 0.717) is 29.9 Å². The lowest BCUT2D eigenvalue weighted by Crippen LogP contribution is -2.37. The van der Waals surface area contributed by atoms with Crippen LogP contribution in [0.5, 0.6) is 5.75 Å². The maximum absolute atomic E-state index is 11.3. The van der Waals surface area contributed by atoms with Crippen LogP contribution in [0.1, 0.15) is 24.5 Å². The number of hydrogen-bond donors (Lipinski definition) is 1. The summed E-state index contributed by atoms with van der Waals surface area (Å²) >= 11 is 0. The van der Waals surface area contributed by atoms with Gasteiger partial charge in [-0.05, 0) is 25.1 Å². The molecule has 0 saturated heterocycles. The van der Waals surface area contributed by atoms with E-state index >= 15 is 0 Å². The molecule has 1 unspecified atom stereocenters. The number of ether oxygens (including phenoxy) is 1. The van der Waals surface area contributed by atoms with Gasteiger partial charge in [0, 0.05) is 12.0 Å². The van der Waals surface area contributed by atoms with Crippen molar-refractivity contribution in [3.8, 4) is 11.8 Å². The second kappa shape index (κ2) is 3.53. The first-order valence-electron chi connectivity index (χ1n) is 4.99. The number of carboxylic acids is 1. The standard InChI is InChI=1S/C12H11NO3/c1-12(11(14)15)4-5-16-10-3-2-8(7-13)6-9(10)12/h2-3,6H,4-5H2,1H3,(H,14,15). The van der Waals surface area contributed by atoms with Crippen molar-refractivity contribution in [2.45, 2.75) is 18.8 Å². The minimum Gasteiger partial charge on any atom is -0.493 e. The molecule has 1 atom stereocenters. The Bertz CT molecular complexity index is 490. The van der Waals surface area contributed by atoms with Crippen LogP contribution in [0.25, 0.3) is 0 Å². The summed E-state index contributed by atoms with van der Waals surface area (Å²) < 4.78 is 5.40. The number of hydrogen-bond acceptors (Lipinski definition) is 3. The zero-order valence-corrected chi connectivity index (χ0v) is 8.86. The SMILES string of the molecule is CC1(C(=O)O)CCOc2ccc(C#N)cc21. The fraction of sp³-hybridized carbons (Fsp3) is 0.333. The number of aliphatic carboxylic acids is 1. The van der Waals surface area contributed by atoms with E-state index in [1.54, 1.807) is 25.1 Å². The molecule has 1 heterocycles. The van der Waals surface area contributed by atoms with Gasteiger partial charge in [0.05, 0.1) is 23.7 Å². The van der Waals surface area contributed by atoms with E-state index in [2.05, 4.69) is 0 Å². The van der Waals surface area contributed by atoms with Gasteiger partial charge < -0.3 is 9.84 Å². The number of fused-ring (bicyclic) bond motifs is 1. The molecule has 0 aromatic heterocycles. The number of nitriles is 1. The van der Waals surface area contributed by atoms with Gasteiger partial charge in [0.1, 0.15) is 5.75 Å². The zero-order chi connectivity index (χ0) is 11.8. The van der Waals surface area contributed by atoms with Gasteiger partial charge in [-0.15, -0.1) is 0 Å². The molecule has 16 heavy (non-hydrogen) atoms. The third-order valence-corrected chi connectivity index (χ3v) is 3.03. The molecule has 1 aromatic rings. The highest BCUT2D eigenvalue weighted by Gasteiger charge is 2.40. The minimum absolute atomic E-state index is 0.391. The van der Waals surface area contributed by atoms with E-state index in [4.69, 9.17) is 10.00 Å². The second-order valence-corrected chi connectivity index (χ2v) is 4.06. The predicted octanol–water partition coefficient (Wildman–Crippen LogP) is 1.68. The molecule has 0 fully saturated rings. The van der Waals surface area contributed by atoms with E-state index < -0.39 is 11.4 Å². The van der Waals surface area contributed by atoms with E-state index in [1.807, 2.05) is 6.07 Å². The van der Waals surface area contributed by atoms with Gasteiger partial charge in [0.2, 0.25) is 0 Å². The van der Waals surface area contributed by atoms with Crippen LogP contribution in [0.3, 0.4) is 0 Å². The highest BCUT2D eigenvalue weighted by molar-refractivity contribution is 5.82. The maximum atomic E-state index is 11.3. The van der Waals surface area contributed by atoms with Gasteiger partial charge in [-0.1, -0.05) is 0 Å². The van der Waals surface area contributed by atoms with Crippen LogP contribution in [0, 0.1) is 11.3 Å².